The fourth-order valence-electron chi connectivity index (χ4n) is 2.53. The van der Waals surface area contributed by atoms with Crippen molar-refractivity contribution in [2.24, 2.45) is 5.92 Å². The Labute approximate surface area is 107 Å². The van der Waals surface area contributed by atoms with E-state index in [1.165, 1.54) is 29.9 Å². The standard InChI is InChI=1S/C14H20N2O2/c1-11-6-2-3-7-12(11)15-13(17)10-16-9-5-4-8-14(16)18/h4-5,8-9,11-12H,2-3,6-7,10H2,1H3,(H,15,17). The van der Waals surface area contributed by atoms with Crippen molar-refractivity contribution in [3.05, 3.63) is 34.7 Å². The molecular weight excluding hydrogens is 228 g/mol. The maximum atomic E-state index is 11.9. The van der Waals surface area contributed by atoms with Crippen LogP contribution < -0.4 is 10.9 Å². The molecule has 1 aliphatic carbocycles. The molecule has 0 saturated heterocycles. The molecule has 0 spiro atoms. The number of carbonyl (C=O) groups is 1. The van der Waals surface area contributed by atoms with Crippen LogP contribution in [0, 0.1) is 5.92 Å². The Hall–Kier alpha value is -1.58. The maximum absolute atomic E-state index is 11.9. The molecule has 1 N–H and O–H groups in total. The highest BCUT2D eigenvalue weighted by Crippen LogP contribution is 2.23. The van der Waals surface area contributed by atoms with Crippen molar-refractivity contribution in [2.45, 2.75) is 45.2 Å². The number of nitrogens with one attached hydrogen (secondary N) is 1. The maximum Gasteiger partial charge on any atom is 0.250 e. The summed E-state index contributed by atoms with van der Waals surface area (Å²) in [6.45, 7) is 2.29. The van der Waals surface area contributed by atoms with Gasteiger partial charge in [0.1, 0.15) is 6.54 Å². The average molecular weight is 248 g/mol. The second-order valence-corrected chi connectivity index (χ2v) is 5.10. The molecule has 0 bridgehead atoms. The van der Waals surface area contributed by atoms with Crippen LogP contribution in [0.2, 0.25) is 0 Å². The minimum atomic E-state index is -0.135. The van der Waals surface area contributed by atoms with Crippen molar-refractivity contribution in [1.29, 1.82) is 0 Å². The molecule has 2 rings (SSSR count). The van der Waals surface area contributed by atoms with Gasteiger partial charge in [0.2, 0.25) is 5.91 Å². The monoisotopic (exact) mass is 248 g/mol. The van der Waals surface area contributed by atoms with E-state index in [1.807, 2.05) is 0 Å². The smallest absolute Gasteiger partial charge is 0.250 e. The summed E-state index contributed by atoms with van der Waals surface area (Å²) in [5.74, 6) is 0.470. The molecule has 98 valence electrons. The van der Waals surface area contributed by atoms with E-state index in [4.69, 9.17) is 0 Å². The van der Waals surface area contributed by atoms with Gasteiger partial charge < -0.3 is 9.88 Å². The van der Waals surface area contributed by atoms with Gasteiger partial charge in [-0.05, 0) is 24.8 Å². The van der Waals surface area contributed by atoms with Crippen molar-refractivity contribution in [3.8, 4) is 0 Å². The van der Waals surface area contributed by atoms with E-state index < -0.39 is 0 Å². The van der Waals surface area contributed by atoms with Crippen molar-refractivity contribution in [2.75, 3.05) is 0 Å². The molecule has 1 aromatic rings. The van der Waals surface area contributed by atoms with Gasteiger partial charge in [0.05, 0.1) is 0 Å². The van der Waals surface area contributed by atoms with Crippen molar-refractivity contribution in [3.63, 3.8) is 0 Å². The Morgan fingerprint density at radius 3 is 2.89 bits per heavy atom. The molecule has 0 radical (unpaired) electrons. The molecule has 4 heteroatoms. The Morgan fingerprint density at radius 1 is 1.39 bits per heavy atom. The largest absolute Gasteiger partial charge is 0.352 e. The van der Waals surface area contributed by atoms with Gasteiger partial charge in [0, 0.05) is 18.3 Å². The number of aromatic nitrogens is 1. The van der Waals surface area contributed by atoms with E-state index in [2.05, 4.69) is 12.2 Å². The second kappa shape index (κ2) is 5.85. The molecule has 2 unspecified atom stereocenters. The van der Waals surface area contributed by atoms with E-state index in [-0.39, 0.29) is 24.1 Å². The third-order valence-corrected chi connectivity index (χ3v) is 3.67. The summed E-state index contributed by atoms with van der Waals surface area (Å²) >= 11 is 0. The van der Waals surface area contributed by atoms with Crippen molar-refractivity contribution >= 4 is 5.91 Å². The first-order valence-corrected chi connectivity index (χ1v) is 6.61. The summed E-state index contributed by atoms with van der Waals surface area (Å²) in [6.07, 6.45) is 6.31. The van der Waals surface area contributed by atoms with Gasteiger partial charge in [0.15, 0.2) is 0 Å². The van der Waals surface area contributed by atoms with Crippen LogP contribution in [-0.2, 0) is 11.3 Å². The van der Waals surface area contributed by atoms with Crippen LogP contribution in [0.4, 0.5) is 0 Å². The third kappa shape index (κ3) is 3.22. The zero-order chi connectivity index (χ0) is 13.0. The highest BCUT2D eigenvalue weighted by Gasteiger charge is 2.22. The summed E-state index contributed by atoms with van der Waals surface area (Å²) in [6, 6.07) is 5.18. The first kappa shape index (κ1) is 12.9. The van der Waals surface area contributed by atoms with Crippen LogP contribution in [0.3, 0.4) is 0 Å². The Balaban J connectivity index is 1.92. The zero-order valence-electron chi connectivity index (χ0n) is 10.8. The molecule has 1 fully saturated rings. The average Bonchev–Trinajstić information content (AvgIpc) is 2.35. The number of pyridine rings is 1. The van der Waals surface area contributed by atoms with Crippen LogP contribution >= 0.6 is 0 Å². The molecule has 4 nitrogen and oxygen atoms in total. The van der Waals surface area contributed by atoms with E-state index >= 15 is 0 Å². The molecule has 1 aromatic heterocycles. The molecule has 0 aromatic carbocycles. The summed E-state index contributed by atoms with van der Waals surface area (Å²) in [7, 11) is 0. The summed E-state index contributed by atoms with van der Waals surface area (Å²) in [5.41, 5.74) is -0.135. The number of nitrogens with zero attached hydrogens (tertiary/aromatic N) is 1. The van der Waals surface area contributed by atoms with Gasteiger partial charge >= 0.3 is 0 Å². The second-order valence-electron chi connectivity index (χ2n) is 5.10. The van der Waals surface area contributed by atoms with E-state index in [0.29, 0.717) is 5.92 Å². The topological polar surface area (TPSA) is 51.1 Å². The van der Waals surface area contributed by atoms with Crippen LogP contribution in [0.15, 0.2) is 29.2 Å². The summed E-state index contributed by atoms with van der Waals surface area (Å²) in [5, 5.41) is 3.05. The number of hydrogen-bond donors (Lipinski definition) is 1. The zero-order valence-corrected chi connectivity index (χ0v) is 10.8. The number of rotatable bonds is 3. The molecule has 1 amide bonds. The van der Waals surface area contributed by atoms with Crippen molar-refractivity contribution < 1.29 is 4.79 Å². The van der Waals surface area contributed by atoms with Gasteiger partial charge in [0.25, 0.3) is 5.56 Å². The van der Waals surface area contributed by atoms with Gasteiger partial charge in [-0.15, -0.1) is 0 Å². The normalized spacial score (nSPS) is 23.6. The lowest BCUT2D eigenvalue weighted by Crippen LogP contribution is -2.43. The van der Waals surface area contributed by atoms with Crippen molar-refractivity contribution in [1.82, 2.24) is 9.88 Å². The molecule has 0 aliphatic heterocycles. The molecule has 2 atom stereocenters. The SMILES string of the molecule is CC1CCCCC1NC(=O)Cn1ccccc1=O. The summed E-state index contributed by atoms with van der Waals surface area (Å²) < 4.78 is 1.43. The number of hydrogen-bond acceptors (Lipinski definition) is 2. The Bertz CT molecular complexity index is 467. The fraction of sp³-hybridized carbons (Fsp3) is 0.571. The quantitative estimate of drug-likeness (QED) is 0.882. The molecule has 1 aliphatic rings. The van der Waals surface area contributed by atoms with Crippen LogP contribution in [-0.4, -0.2) is 16.5 Å². The van der Waals surface area contributed by atoms with Crippen LogP contribution in [0.1, 0.15) is 32.6 Å². The molecule has 1 heterocycles. The van der Waals surface area contributed by atoms with E-state index in [0.717, 1.165) is 6.42 Å². The third-order valence-electron chi connectivity index (χ3n) is 3.67. The number of carbonyl (C=O) groups excluding carboxylic acids is 1. The lowest BCUT2D eigenvalue weighted by Gasteiger charge is -2.29. The summed E-state index contributed by atoms with van der Waals surface area (Å²) in [4.78, 5) is 23.4. The lowest BCUT2D eigenvalue weighted by molar-refractivity contribution is -0.123. The Kier molecular flexibility index (Phi) is 4.18. The molecular formula is C14H20N2O2. The first-order chi connectivity index (χ1) is 8.66. The molecule has 18 heavy (non-hydrogen) atoms. The fourth-order valence-corrected chi connectivity index (χ4v) is 2.53. The van der Waals surface area contributed by atoms with Gasteiger partial charge in [-0.25, -0.2) is 0 Å². The lowest BCUT2D eigenvalue weighted by atomic mass is 9.86. The van der Waals surface area contributed by atoms with Crippen LogP contribution in [0.5, 0.6) is 0 Å². The Morgan fingerprint density at radius 2 is 2.17 bits per heavy atom. The van der Waals surface area contributed by atoms with E-state index in [1.54, 1.807) is 18.3 Å². The first-order valence-electron chi connectivity index (χ1n) is 6.61. The minimum absolute atomic E-state index is 0.0675. The van der Waals surface area contributed by atoms with Gasteiger partial charge in [-0.3, -0.25) is 9.59 Å². The van der Waals surface area contributed by atoms with Crippen LogP contribution in [0.25, 0.3) is 0 Å². The predicted octanol–water partition coefficient (Wildman–Crippen LogP) is 1.54. The van der Waals surface area contributed by atoms with Gasteiger partial charge in [-0.1, -0.05) is 25.8 Å². The highest BCUT2D eigenvalue weighted by molar-refractivity contribution is 5.76. The predicted molar refractivity (Wildman–Crippen MR) is 70.3 cm³/mol. The minimum Gasteiger partial charge on any atom is -0.352 e. The van der Waals surface area contributed by atoms with E-state index in [9.17, 15) is 9.59 Å². The highest BCUT2D eigenvalue weighted by atomic mass is 16.2. The number of amides is 1. The molecule has 1 saturated carbocycles. The van der Waals surface area contributed by atoms with Gasteiger partial charge in [-0.2, -0.15) is 0 Å².